The molecular formula is C36H52N4O5. The molecule has 2 aromatic rings. The van der Waals surface area contributed by atoms with Gasteiger partial charge in [0.1, 0.15) is 0 Å². The molecule has 3 aliphatic heterocycles. The third-order valence-electron chi connectivity index (χ3n) is 9.63. The predicted octanol–water partition coefficient (Wildman–Crippen LogP) is 5.17. The highest BCUT2D eigenvalue weighted by atomic mass is 16.7. The Labute approximate surface area is 268 Å². The zero-order valence-electron chi connectivity index (χ0n) is 27.1. The number of rotatable bonds is 14. The molecule has 246 valence electrons. The smallest absolute Gasteiger partial charge is 0.224 e. The summed E-state index contributed by atoms with van der Waals surface area (Å²) < 4.78 is 13.4. The van der Waals surface area contributed by atoms with Crippen LogP contribution < -0.4 is 10.6 Å². The molecule has 3 N–H and O–H groups in total. The van der Waals surface area contributed by atoms with Crippen molar-refractivity contribution in [1.82, 2.24) is 15.1 Å². The fourth-order valence-corrected chi connectivity index (χ4v) is 6.96. The van der Waals surface area contributed by atoms with Crippen LogP contribution in [0.15, 0.2) is 48.5 Å². The van der Waals surface area contributed by atoms with Crippen molar-refractivity contribution in [2.75, 3.05) is 44.6 Å². The lowest BCUT2D eigenvalue weighted by molar-refractivity contribution is -0.276. The van der Waals surface area contributed by atoms with Crippen molar-refractivity contribution in [1.29, 1.82) is 0 Å². The van der Waals surface area contributed by atoms with Crippen LogP contribution in [-0.2, 0) is 25.7 Å². The second-order valence-electron chi connectivity index (χ2n) is 13.1. The average Bonchev–Trinajstić information content (AvgIpc) is 3.72. The first-order chi connectivity index (χ1) is 21.9. The lowest BCUT2D eigenvalue weighted by atomic mass is 9.90. The van der Waals surface area contributed by atoms with Gasteiger partial charge in [0, 0.05) is 56.2 Å². The Hall–Kier alpha value is -2.82. The van der Waals surface area contributed by atoms with Gasteiger partial charge in [-0.25, -0.2) is 0 Å². The van der Waals surface area contributed by atoms with E-state index in [-0.39, 0.29) is 36.5 Å². The zero-order valence-corrected chi connectivity index (χ0v) is 27.1. The molecule has 2 aromatic carbocycles. The molecule has 3 aliphatic rings. The van der Waals surface area contributed by atoms with Gasteiger partial charge in [-0.1, -0.05) is 49.7 Å². The van der Waals surface area contributed by atoms with Crippen LogP contribution in [0.1, 0.15) is 94.3 Å². The standard InChI is InChI=1S/C36H52N4O5/c1-26-33(24-40-22-8-9-32(40)23-39-20-6-7-21-39)44-36(45-35(26)29-13-11-28(25-41)12-14-29)30-15-17-31(18-16-30)38-34(43)10-4-3-5-19-37-27(2)42/h11-18,26,32-33,35-36,41H,3-10,19-25H2,1-2H3,(H,37,42)(H,38,43). The molecule has 0 aliphatic carbocycles. The van der Waals surface area contributed by atoms with Gasteiger partial charge in [0.25, 0.3) is 0 Å². The van der Waals surface area contributed by atoms with E-state index in [1.807, 2.05) is 36.4 Å². The van der Waals surface area contributed by atoms with Gasteiger partial charge >= 0.3 is 0 Å². The number of amides is 2. The van der Waals surface area contributed by atoms with Crippen LogP contribution in [0.25, 0.3) is 0 Å². The van der Waals surface area contributed by atoms with E-state index < -0.39 is 6.29 Å². The van der Waals surface area contributed by atoms with Crippen LogP contribution in [0.2, 0.25) is 0 Å². The maximum atomic E-state index is 12.5. The predicted molar refractivity (Wildman–Crippen MR) is 175 cm³/mol. The molecule has 5 atom stereocenters. The van der Waals surface area contributed by atoms with Crippen molar-refractivity contribution in [3.8, 4) is 0 Å². The number of ether oxygens (including phenoxy) is 2. The van der Waals surface area contributed by atoms with Gasteiger partial charge in [0.2, 0.25) is 11.8 Å². The van der Waals surface area contributed by atoms with E-state index in [0.717, 1.165) is 61.3 Å². The number of likely N-dealkylation sites (tertiary alicyclic amines) is 2. The highest BCUT2D eigenvalue weighted by Crippen LogP contribution is 2.42. The molecule has 45 heavy (non-hydrogen) atoms. The molecule has 2 amide bonds. The summed E-state index contributed by atoms with van der Waals surface area (Å²) >= 11 is 0. The molecular weight excluding hydrogens is 568 g/mol. The number of aliphatic hydroxyl groups excluding tert-OH is 1. The van der Waals surface area contributed by atoms with Gasteiger partial charge in [0.15, 0.2) is 6.29 Å². The number of benzene rings is 2. The van der Waals surface area contributed by atoms with Crippen molar-refractivity contribution >= 4 is 17.5 Å². The van der Waals surface area contributed by atoms with Crippen LogP contribution in [-0.4, -0.2) is 78.1 Å². The lowest BCUT2D eigenvalue weighted by Crippen LogP contribution is -2.48. The van der Waals surface area contributed by atoms with E-state index in [1.54, 1.807) is 0 Å². The Morgan fingerprint density at radius 3 is 2.33 bits per heavy atom. The van der Waals surface area contributed by atoms with Gasteiger partial charge in [-0.2, -0.15) is 0 Å². The number of carbonyl (C=O) groups is 2. The number of anilines is 1. The summed E-state index contributed by atoms with van der Waals surface area (Å²) in [6, 6.07) is 16.5. The summed E-state index contributed by atoms with van der Waals surface area (Å²) in [5.74, 6) is 0.110. The van der Waals surface area contributed by atoms with E-state index in [4.69, 9.17) is 9.47 Å². The van der Waals surface area contributed by atoms with Crippen molar-refractivity contribution in [2.24, 2.45) is 5.92 Å². The molecule has 3 saturated heterocycles. The van der Waals surface area contributed by atoms with Crippen molar-refractivity contribution in [2.45, 2.75) is 96.4 Å². The normalized spacial score (nSPS) is 25.8. The second kappa shape index (κ2) is 16.7. The van der Waals surface area contributed by atoms with E-state index in [0.29, 0.717) is 19.0 Å². The minimum absolute atomic E-state index is 0.00419. The Morgan fingerprint density at radius 2 is 1.62 bits per heavy atom. The van der Waals surface area contributed by atoms with E-state index in [2.05, 4.69) is 39.5 Å². The number of nitrogens with zero attached hydrogens (tertiary/aromatic N) is 2. The van der Waals surface area contributed by atoms with Crippen LogP contribution in [0.5, 0.6) is 0 Å². The Bertz CT molecular complexity index is 1220. The zero-order chi connectivity index (χ0) is 31.6. The van der Waals surface area contributed by atoms with Crippen LogP contribution in [0.3, 0.4) is 0 Å². The van der Waals surface area contributed by atoms with Gasteiger partial charge in [-0.05, 0) is 81.4 Å². The van der Waals surface area contributed by atoms with Crippen molar-refractivity contribution < 1.29 is 24.2 Å². The van der Waals surface area contributed by atoms with Gasteiger partial charge in [-0.15, -0.1) is 0 Å². The molecule has 0 bridgehead atoms. The summed E-state index contributed by atoms with van der Waals surface area (Å²) in [5, 5.41) is 15.4. The fraction of sp³-hybridized carbons (Fsp3) is 0.611. The molecule has 3 heterocycles. The lowest BCUT2D eigenvalue weighted by Gasteiger charge is -2.43. The van der Waals surface area contributed by atoms with Crippen molar-refractivity contribution in [3.05, 3.63) is 65.2 Å². The first kappa shape index (κ1) is 33.5. The maximum absolute atomic E-state index is 12.5. The number of aliphatic hydroxyl groups is 1. The molecule has 9 heteroatoms. The second-order valence-corrected chi connectivity index (χ2v) is 13.1. The Morgan fingerprint density at radius 1 is 0.889 bits per heavy atom. The third kappa shape index (κ3) is 9.59. The fourth-order valence-electron chi connectivity index (χ4n) is 6.96. The topological polar surface area (TPSA) is 103 Å². The monoisotopic (exact) mass is 620 g/mol. The molecule has 5 unspecified atom stereocenters. The van der Waals surface area contributed by atoms with Crippen molar-refractivity contribution in [3.63, 3.8) is 0 Å². The summed E-state index contributed by atoms with van der Waals surface area (Å²) in [7, 11) is 0. The highest BCUT2D eigenvalue weighted by Gasteiger charge is 2.40. The molecule has 0 saturated carbocycles. The van der Waals surface area contributed by atoms with Gasteiger partial charge in [-0.3, -0.25) is 14.5 Å². The first-order valence-electron chi connectivity index (χ1n) is 17.0. The summed E-state index contributed by atoms with van der Waals surface area (Å²) in [5.41, 5.74) is 3.65. The van der Waals surface area contributed by atoms with E-state index in [9.17, 15) is 14.7 Å². The number of nitrogens with one attached hydrogen (secondary N) is 2. The third-order valence-corrected chi connectivity index (χ3v) is 9.63. The minimum atomic E-state index is -0.526. The molecule has 3 fully saturated rings. The van der Waals surface area contributed by atoms with Gasteiger partial charge < -0.3 is 30.1 Å². The largest absolute Gasteiger partial charge is 0.392 e. The van der Waals surface area contributed by atoms with Gasteiger partial charge in [0.05, 0.1) is 18.8 Å². The van der Waals surface area contributed by atoms with E-state index in [1.165, 1.54) is 45.7 Å². The maximum Gasteiger partial charge on any atom is 0.224 e. The average molecular weight is 621 g/mol. The molecule has 0 aromatic heterocycles. The number of hydrogen-bond acceptors (Lipinski definition) is 7. The van der Waals surface area contributed by atoms with E-state index >= 15 is 0 Å². The quantitative estimate of drug-likeness (QED) is 0.251. The summed E-state index contributed by atoms with van der Waals surface area (Å²) in [6.45, 7) is 9.99. The molecule has 0 spiro atoms. The number of carbonyl (C=O) groups excluding carboxylic acids is 2. The molecule has 9 nitrogen and oxygen atoms in total. The molecule has 5 rings (SSSR count). The summed E-state index contributed by atoms with van der Waals surface area (Å²) in [4.78, 5) is 28.8. The van der Waals surface area contributed by atoms with Crippen LogP contribution in [0.4, 0.5) is 5.69 Å². The Kier molecular flexibility index (Phi) is 12.4. The van der Waals surface area contributed by atoms with Crippen LogP contribution in [0, 0.1) is 5.92 Å². The SMILES string of the molecule is CC(=O)NCCCCCC(=O)Nc1ccc(C2OC(CN3CCCC3CN3CCCC3)C(C)C(c3ccc(CO)cc3)O2)cc1. The highest BCUT2D eigenvalue weighted by molar-refractivity contribution is 5.90. The number of unbranched alkanes of at least 4 members (excludes halogenated alkanes) is 2. The van der Waals surface area contributed by atoms with Crippen LogP contribution >= 0.6 is 0 Å². The summed E-state index contributed by atoms with van der Waals surface area (Å²) in [6.07, 6.45) is 7.41. The molecule has 0 radical (unpaired) electrons. The number of hydrogen-bond donors (Lipinski definition) is 3. The minimum Gasteiger partial charge on any atom is -0.392 e. The first-order valence-corrected chi connectivity index (χ1v) is 17.0. The Balaban J connectivity index is 1.23.